The topological polar surface area (TPSA) is 77.8 Å². The fourth-order valence-corrected chi connectivity index (χ4v) is 2.75. The highest BCUT2D eigenvalue weighted by Gasteiger charge is 2.05. The fourth-order valence-electron chi connectivity index (χ4n) is 1.94. The zero-order valence-corrected chi connectivity index (χ0v) is 13.4. The van der Waals surface area contributed by atoms with Gasteiger partial charge in [-0.2, -0.15) is 4.52 Å². The molecule has 2 heterocycles. The van der Waals surface area contributed by atoms with Crippen LogP contribution in [0.2, 0.25) is 0 Å². The van der Waals surface area contributed by atoms with Crippen LogP contribution in [-0.2, 0) is 0 Å². The Morgan fingerprint density at radius 2 is 2.00 bits per heavy atom. The Bertz CT molecular complexity index is 829. The van der Waals surface area contributed by atoms with E-state index in [1.54, 1.807) is 7.11 Å². The van der Waals surface area contributed by atoms with Gasteiger partial charge in [0.1, 0.15) is 11.5 Å². The van der Waals surface area contributed by atoms with Crippen LogP contribution in [0.4, 0.5) is 5.13 Å². The zero-order valence-electron chi connectivity index (χ0n) is 12.6. The third-order valence-electron chi connectivity index (χ3n) is 3.10. The monoisotopic (exact) mass is 332 g/mol. The second kappa shape index (κ2) is 7.10. The maximum absolute atomic E-state index is 11.6. The first-order chi connectivity index (χ1) is 11.3. The summed E-state index contributed by atoms with van der Waals surface area (Å²) in [6.45, 7) is 1.28. The van der Waals surface area contributed by atoms with Crippen LogP contribution in [-0.4, -0.2) is 34.9 Å². The van der Waals surface area contributed by atoms with Gasteiger partial charge in [0.2, 0.25) is 10.1 Å². The zero-order chi connectivity index (χ0) is 16.1. The van der Waals surface area contributed by atoms with Crippen LogP contribution in [0.5, 0.6) is 11.5 Å². The molecular formula is C15H16N4O3S. The van der Waals surface area contributed by atoms with E-state index in [1.165, 1.54) is 28.1 Å². The highest BCUT2D eigenvalue weighted by atomic mass is 32.1. The summed E-state index contributed by atoms with van der Waals surface area (Å²) in [7, 11) is 1.63. The van der Waals surface area contributed by atoms with Crippen LogP contribution >= 0.6 is 11.3 Å². The van der Waals surface area contributed by atoms with Crippen molar-refractivity contribution in [3.63, 3.8) is 0 Å². The molecule has 0 saturated carbocycles. The number of anilines is 1. The molecule has 0 amide bonds. The quantitative estimate of drug-likeness (QED) is 0.667. The number of hydrogen-bond acceptors (Lipinski definition) is 7. The molecule has 0 atom stereocenters. The summed E-state index contributed by atoms with van der Waals surface area (Å²) >= 11 is 1.34. The molecule has 0 radical (unpaired) electrons. The Labute approximate surface area is 136 Å². The molecule has 0 bridgehead atoms. The molecule has 0 spiro atoms. The van der Waals surface area contributed by atoms with Crippen molar-refractivity contribution < 1.29 is 9.47 Å². The molecule has 7 nitrogen and oxygen atoms in total. The number of nitrogens with zero attached hydrogens (tertiary/aromatic N) is 3. The van der Waals surface area contributed by atoms with E-state index >= 15 is 0 Å². The minimum atomic E-state index is -0.179. The lowest BCUT2D eigenvalue weighted by Gasteiger charge is -2.07. The predicted octanol–water partition coefficient (Wildman–Crippen LogP) is 2.04. The Morgan fingerprint density at radius 3 is 2.74 bits per heavy atom. The Hall–Kier alpha value is -2.61. The second-order valence-corrected chi connectivity index (χ2v) is 5.64. The molecule has 1 N–H and O–H groups in total. The number of rotatable bonds is 7. The van der Waals surface area contributed by atoms with Gasteiger partial charge < -0.3 is 14.8 Å². The lowest BCUT2D eigenvalue weighted by molar-refractivity contribution is 0.314. The molecule has 3 aromatic rings. The van der Waals surface area contributed by atoms with Gasteiger partial charge in [-0.1, -0.05) is 11.3 Å². The summed E-state index contributed by atoms with van der Waals surface area (Å²) in [4.78, 5) is 16.3. The normalized spacial score (nSPS) is 10.7. The number of hydrogen-bond donors (Lipinski definition) is 1. The lowest BCUT2D eigenvalue weighted by atomic mass is 10.3. The van der Waals surface area contributed by atoms with E-state index in [2.05, 4.69) is 15.4 Å². The number of nitrogens with one attached hydrogen (secondary N) is 1. The molecule has 0 saturated heterocycles. The third kappa shape index (κ3) is 3.78. The number of benzene rings is 1. The summed E-state index contributed by atoms with van der Waals surface area (Å²) < 4.78 is 12.0. The van der Waals surface area contributed by atoms with Gasteiger partial charge >= 0.3 is 0 Å². The predicted molar refractivity (Wildman–Crippen MR) is 88.7 cm³/mol. The van der Waals surface area contributed by atoms with Crippen molar-refractivity contribution in [1.29, 1.82) is 0 Å². The smallest absolute Gasteiger partial charge is 0.275 e. The van der Waals surface area contributed by atoms with Crippen LogP contribution in [0.25, 0.3) is 4.96 Å². The van der Waals surface area contributed by atoms with Crippen molar-refractivity contribution in [3.8, 4) is 11.5 Å². The number of ether oxygens (including phenoxy) is 2. The molecule has 23 heavy (non-hydrogen) atoms. The largest absolute Gasteiger partial charge is 0.497 e. The van der Waals surface area contributed by atoms with Crippen molar-refractivity contribution >= 4 is 21.4 Å². The summed E-state index contributed by atoms with van der Waals surface area (Å²) in [6.07, 6.45) is 2.30. The maximum Gasteiger partial charge on any atom is 0.275 e. The van der Waals surface area contributed by atoms with Crippen LogP contribution in [0.1, 0.15) is 6.42 Å². The molecular weight excluding hydrogens is 316 g/mol. The van der Waals surface area contributed by atoms with E-state index in [0.29, 0.717) is 23.2 Å². The van der Waals surface area contributed by atoms with Gasteiger partial charge in [0.25, 0.3) is 5.56 Å². The van der Waals surface area contributed by atoms with Gasteiger partial charge in [0, 0.05) is 18.8 Å². The molecule has 0 fully saturated rings. The van der Waals surface area contributed by atoms with Gasteiger partial charge in [-0.3, -0.25) is 4.79 Å². The van der Waals surface area contributed by atoms with Crippen molar-refractivity contribution in [3.05, 3.63) is 46.9 Å². The molecule has 3 rings (SSSR count). The Morgan fingerprint density at radius 1 is 1.22 bits per heavy atom. The van der Waals surface area contributed by atoms with Crippen molar-refractivity contribution in [2.45, 2.75) is 6.42 Å². The van der Waals surface area contributed by atoms with E-state index in [1.807, 2.05) is 24.3 Å². The van der Waals surface area contributed by atoms with E-state index < -0.39 is 0 Å². The summed E-state index contributed by atoms with van der Waals surface area (Å²) in [5.74, 6) is 1.61. The average molecular weight is 332 g/mol. The number of aromatic nitrogens is 3. The molecule has 0 aliphatic heterocycles. The van der Waals surface area contributed by atoms with Gasteiger partial charge in [0.05, 0.1) is 13.7 Å². The Kier molecular flexibility index (Phi) is 4.72. The van der Waals surface area contributed by atoms with Crippen LogP contribution in [0.3, 0.4) is 0 Å². The highest BCUT2D eigenvalue weighted by molar-refractivity contribution is 7.20. The number of fused-ring (bicyclic) bond motifs is 1. The van der Waals surface area contributed by atoms with Gasteiger partial charge in [-0.05, 0) is 30.7 Å². The van der Waals surface area contributed by atoms with E-state index in [9.17, 15) is 4.79 Å². The van der Waals surface area contributed by atoms with Crippen molar-refractivity contribution in [1.82, 2.24) is 14.6 Å². The number of methoxy groups -OCH3 is 1. The summed E-state index contributed by atoms with van der Waals surface area (Å²) in [5, 5.41) is 8.03. The van der Waals surface area contributed by atoms with E-state index in [0.717, 1.165) is 17.9 Å². The Balaban J connectivity index is 1.45. The minimum Gasteiger partial charge on any atom is -0.497 e. The third-order valence-corrected chi connectivity index (χ3v) is 3.98. The average Bonchev–Trinajstić information content (AvgIpc) is 2.99. The first-order valence-electron chi connectivity index (χ1n) is 7.12. The van der Waals surface area contributed by atoms with Gasteiger partial charge in [-0.15, -0.1) is 5.10 Å². The maximum atomic E-state index is 11.6. The highest BCUT2D eigenvalue weighted by Crippen LogP contribution is 2.17. The van der Waals surface area contributed by atoms with E-state index in [-0.39, 0.29) is 5.56 Å². The van der Waals surface area contributed by atoms with Gasteiger partial charge in [0.15, 0.2) is 0 Å². The molecule has 120 valence electrons. The van der Waals surface area contributed by atoms with Crippen molar-refractivity contribution in [2.75, 3.05) is 25.6 Å². The van der Waals surface area contributed by atoms with E-state index in [4.69, 9.17) is 9.47 Å². The van der Waals surface area contributed by atoms with Crippen LogP contribution in [0.15, 0.2) is 41.3 Å². The summed E-state index contributed by atoms with van der Waals surface area (Å²) in [5.41, 5.74) is -0.179. The van der Waals surface area contributed by atoms with Crippen LogP contribution < -0.4 is 20.3 Å². The molecule has 0 unspecified atom stereocenters. The fraction of sp³-hybridized carbons (Fsp3) is 0.267. The molecule has 2 aromatic heterocycles. The SMILES string of the molecule is COc1ccc(OCCCNc2nn3c(=O)ccnc3s2)cc1. The minimum absolute atomic E-state index is 0.179. The lowest BCUT2D eigenvalue weighted by Crippen LogP contribution is -2.13. The summed E-state index contributed by atoms with van der Waals surface area (Å²) in [6, 6.07) is 8.86. The molecule has 0 aliphatic rings. The molecule has 1 aromatic carbocycles. The second-order valence-electron chi connectivity index (χ2n) is 4.69. The standard InChI is InChI=1S/C15H16N4O3S/c1-21-11-3-5-12(6-4-11)22-10-2-8-16-14-18-19-13(20)7-9-17-15(19)23-14/h3-7,9H,2,8,10H2,1H3,(H,16,18). The first-order valence-corrected chi connectivity index (χ1v) is 7.93. The molecule has 8 heteroatoms. The van der Waals surface area contributed by atoms with Crippen LogP contribution in [0, 0.1) is 0 Å². The molecule has 0 aliphatic carbocycles. The first kappa shape index (κ1) is 15.3. The van der Waals surface area contributed by atoms with Gasteiger partial charge in [-0.25, -0.2) is 4.98 Å². The van der Waals surface area contributed by atoms with Crippen molar-refractivity contribution in [2.24, 2.45) is 0 Å².